The first kappa shape index (κ1) is 20.8. The molecule has 0 fully saturated rings. The molecule has 0 saturated heterocycles. The zero-order valence-electron chi connectivity index (χ0n) is 13.5. The first-order chi connectivity index (χ1) is 9.98. The molecule has 2 rings (SSSR count). The topological polar surface area (TPSA) is 110 Å². The maximum Gasteiger partial charge on any atom is 1.00 e. The van der Waals surface area contributed by atoms with E-state index in [1.165, 1.54) is 0 Å². The van der Waals surface area contributed by atoms with Gasteiger partial charge in [-0.25, -0.2) is 4.99 Å². The minimum atomic E-state index is -1.15. The summed E-state index contributed by atoms with van der Waals surface area (Å²) in [6.45, 7) is 5.62. The van der Waals surface area contributed by atoms with Crippen LogP contribution in [0.4, 0.5) is 0 Å². The molecule has 0 radical (unpaired) electrons. The number of amides is 2. The Balaban J connectivity index is 0.000000622. The van der Waals surface area contributed by atoms with Gasteiger partial charge in [0.1, 0.15) is 5.41 Å². The maximum atomic E-state index is 11.9. The molecule has 1 aliphatic heterocycles. The summed E-state index contributed by atoms with van der Waals surface area (Å²) >= 11 is 0. The molecule has 1 aromatic rings. The molecule has 2 atom stereocenters. The summed E-state index contributed by atoms with van der Waals surface area (Å²) in [5.41, 5.74) is -1.15. The minimum Gasteiger partial charge on any atom is -0.846 e. The maximum absolute atomic E-state index is 11.9. The van der Waals surface area contributed by atoms with Crippen molar-refractivity contribution in [3.63, 3.8) is 0 Å². The summed E-state index contributed by atoms with van der Waals surface area (Å²) in [7, 11) is 0. The summed E-state index contributed by atoms with van der Waals surface area (Å²) in [5.74, 6) is -1.20. The summed E-state index contributed by atoms with van der Waals surface area (Å²) in [5, 5.41) is 19.3. The van der Waals surface area contributed by atoms with Crippen molar-refractivity contribution in [1.29, 1.82) is 0 Å². The number of aromatic nitrogens is 2. The molecule has 1 aromatic heterocycles. The van der Waals surface area contributed by atoms with Crippen LogP contribution in [-0.4, -0.2) is 28.0 Å². The molecule has 0 bridgehead atoms. The van der Waals surface area contributed by atoms with Gasteiger partial charge in [-0.3, -0.25) is 14.7 Å². The quantitative estimate of drug-likeness (QED) is 0.477. The van der Waals surface area contributed by atoms with Crippen LogP contribution in [-0.2, 0) is 9.59 Å². The number of carbonyl (C=O) groups is 2. The second kappa shape index (κ2) is 9.76. The smallest absolute Gasteiger partial charge is 0.846 e. The van der Waals surface area contributed by atoms with Crippen LogP contribution in [0.5, 0.6) is 0 Å². The molecule has 7 nitrogen and oxygen atoms in total. The van der Waals surface area contributed by atoms with Gasteiger partial charge < -0.3 is 10.4 Å². The van der Waals surface area contributed by atoms with E-state index in [9.17, 15) is 14.7 Å². The van der Waals surface area contributed by atoms with Crippen LogP contribution in [0.25, 0.3) is 0 Å². The van der Waals surface area contributed by atoms with Gasteiger partial charge in [-0.15, -0.1) is 0 Å². The van der Waals surface area contributed by atoms with Crippen molar-refractivity contribution in [2.24, 2.45) is 16.3 Å². The van der Waals surface area contributed by atoms with Gasteiger partial charge in [0.2, 0.25) is 5.91 Å². The normalized spacial score (nSPS) is 21.7. The van der Waals surface area contributed by atoms with Crippen LogP contribution in [0.15, 0.2) is 23.5 Å². The van der Waals surface area contributed by atoms with Crippen molar-refractivity contribution in [2.45, 2.75) is 40.0 Å². The van der Waals surface area contributed by atoms with E-state index in [1.54, 1.807) is 19.3 Å². The summed E-state index contributed by atoms with van der Waals surface area (Å²) in [6.07, 6.45) is 5.48. The molecule has 2 N–H and O–H groups in total. The fraction of sp³-hybridized carbons (Fsp3) is 0.571. The number of aromatic amines is 1. The molecule has 0 aliphatic carbocycles. The molecule has 0 aromatic carbocycles. The minimum absolute atomic E-state index is 0. The zero-order chi connectivity index (χ0) is 15.9. The summed E-state index contributed by atoms with van der Waals surface area (Å²) in [6, 6.07) is 0.989. The number of hydrogen-bond donors (Lipinski definition) is 2. The fourth-order valence-electron chi connectivity index (χ4n) is 2.52. The van der Waals surface area contributed by atoms with Gasteiger partial charge >= 0.3 is 29.6 Å². The Kier molecular flexibility index (Phi) is 9.24. The number of aliphatic imine (C=N–C) groups is 1. The largest absolute Gasteiger partial charge is 1.00 e. The Morgan fingerprint density at radius 2 is 2.05 bits per heavy atom. The Morgan fingerprint density at radius 3 is 2.41 bits per heavy atom. The molecule has 1 aliphatic rings. The third kappa shape index (κ3) is 4.66. The average molecular weight is 316 g/mol. The Hall–Kier alpha value is -1.18. The molecule has 2 unspecified atom stereocenters. The zero-order valence-corrected chi connectivity index (χ0v) is 15.5. The fourth-order valence-corrected chi connectivity index (χ4v) is 2.52. The second-order valence-electron chi connectivity index (χ2n) is 4.96. The third-order valence-corrected chi connectivity index (χ3v) is 3.74. The monoisotopic (exact) mass is 316 g/mol. The van der Waals surface area contributed by atoms with Gasteiger partial charge in [-0.1, -0.05) is 27.2 Å². The number of H-pyrrole nitrogens is 1. The Bertz CT molecular complexity index is 487. The second-order valence-corrected chi connectivity index (χ2v) is 4.96. The molecule has 116 valence electrons. The molecular formula is C14H21N4NaO3. The first-order valence-corrected chi connectivity index (χ1v) is 7.04. The molecule has 0 spiro atoms. The van der Waals surface area contributed by atoms with Crippen molar-refractivity contribution < 1.29 is 44.3 Å². The van der Waals surface area contributed by atoms with E-state index in [2.05, 4.69) is 20.5 Å². The molecule has 2 heterocycles. The Labute approximate surface area is 152 Å². The number of nitrogens with one attached hydrogen (secondary N) is 2. The average Bonchev–Trinajstić information content (AvgIpc) is 2.98. The van der Waals surface area contributed by atoms with Crippen LogP contribution in [0.2, 0.25) is 0 Å². The number of hydrogen-bond acceptors (Lipinski definition) is 4. The first-order valence-electron chi connectivity index (χ1n) is 7.04. The van der Waals surface area contributed by atoms with Gasteiger partial charge in [0.25, 0.3) is 5.91 Å². The van der Waals surface area contributed by atoms with Crippen LogP contribution < -0.4 is 40.0 Å². The van der Waals surface area contributed by atoms with Crippen LogP contribution in [0.1, 0.15) is 40.0 Å². The molecule has 8 heteroatoms. The van der Waals surface area contributed by atoms with Gasteiger partial charge in [0.15, 0.2) is 0 Å². The van der Waals surface area contributed by atoms with E-state index in [4.69, 9.17) is 0 Å². The standard InChI is InChI=1S/C11H18N2O3.C3H4N2.Na/c1-4-6-7(3)11(5-2)8(14)12-10(16)13-9(11)15;1-2-4-5-3-1;/h7H,4-6H2,1-3H3,(H2,12,13,14,15,16);1-3H,(H,4,5);/q;;+1/p-1. The summed E-state index contributed by atoms with van der Waals surface area (Å²) < 4.78 is 0. The van der Waals surface area contributed by atoms with E-state index >= 15 is 0 Å². The van der Waals surface area contributed by atoms with Crippen molar-refractivity contribution in [3.8, 4) is 0 Å². The molecule has 0 saturated carbocycles. The van der Waals surface area contributed by atoms with Crippen LogP contribution in [0, 0.1) is 11.3 Å². The van der Waals surface area contributed by atoms with E-state index < -0.39 is 23.3 Å². The number of amidine groups is 1. The van der Waals surface area contributed by atoms with E-state index in [1.807, 2.05) is 19.9 Å². The summed E-state index contributed by atoms with van der Waals surface area (Å²) in [4.78, 5) is 27.1. The SMILES string of the molecule is CCCC(C)C1(CC)C(=O)N=C([O-])NC1=O.[Na+].c1cn[nH]c1. The van der Waals surface area contributed by atoms with Crippen molar-refractivity contribution >= 4 is 17.8 Å². The Morgan fingerprint density at radius 1 is 1.36 bits per heavy atom. The number of carbonyl (C=O) groups excluding carboxylic acids is 2. The van der Waals surface area contributed by atoms with Crippen LogP contribution >= 0.6 is 0 Å². The van der Waals surface area contributed by atoms with E-state index in [-0.39, 0.29) is 35.5 Å². The molecular weight excluding hydrogens is 295 g/mol. The number of nitrogens with zero attached hydrogens (tertiary/aromatic N) is 2. The van der Waals surface area contributed by atoms with Crippen LogP contribution in [0.3, 0.4) is 0 Å². The van der Waals surface area contributed by atoms with Gasteiger partial charge in [-0.05, 0) is 24.8 Å². The van der Waals surface area contributed by atoms with Crippen molar-refractivity contribution in [1.82, 2.24) is 15.5 Å². The molecule has 22 heavy (non-hydrogen) atoms. The van der Waals surface area contributed by atoms with Gasteiger partial charge in [0.05, 0.1) is 6.02 Å². The van der Waals surface area contributed by atoms with Gasteiger partial charge in [0, 0.05) is 12.4 Å². The predicted molar refractivity (Wildman–Crippen MR) is 76.0 cm³/mol. The van der Waals surface area contributed by atoms with Crippen molar-refractivity contribution in [2.75, 3.05) is 0 Å². The third-order valence-electron chi connectivity index (χ3n) is 3.74. The molecule has 2 amide bonds. The number of rotatable bonds is 4. The predicted octanol–water partition coefficient (Wildman–Crippen LogP) is -2.39. The van der Waals surface area contributed by atoms with Gasteiger partial charge in [-0.2, -0.15) is 5.10 Å². The van der Waals surface area contributed by atoms with Crippen molar-refractivity contribution in [3.05, 3.63) is 18.5 Å². The van der Waals surface area contributed by atoms with E-state index in [0.29, 0.717) is 6.42 Å². The van der Waals surface area contributed by atoms with E-state index in [0.717, 1.165) is 12.8 Å².